The monoisotopic (exact) mass is 453 g/mol. The highest BCUT2D eigenvalue weighted by Gasteiger charge is 2.20. The predicted molar refractivity (Wildman–Crippen MR) is 134 cm³/mol. The van der Waals surface area contributed by atoms with Crippen LogP contribution in [0.4, 0.5) is 17.1 Å². The minimum absolute atomic E-state index is 0.183. The van der Waals surface area contributed by atoms with Crippen molar-refractivity contribution in [2.75, 3.05) is 22.1 Å². The van der Waals surface area contributed by atoms with Gasteiger partial charge in [-0.15, -0.1) is 11.3 Å². The molecule has 0 fully saturated rings. The SMILES string of the molecule is O=C(Nc1ccc(C(=O)Nc2ccccc2N2CCc3sccc3C2)cc1)c1ccccc1. The van der Waals surface area contributed by atoms with Gasteiger partial charge in [0.25, 0.3) is 11.8 Å². The number of hydrogen-bond acceptors (Lipinski definition) is 4. The van der Waals surface area contributed by atoms with Gasteiger partial charge in [-0.25, -0.2) is 0 Å². The number of nitrogens with zero attached hydrogens (tertiary/aromatic N) is 1. The highest BCUT2D eigenvalue weighted by atomic mass is 32.1. The van der Waals surface area contributed by atoms with Crippen LogP contribution in [-0.2, 0) is 13.0 Å². The summed E-state index contributed by atoms with van der Waals surface area (Å²) < 4.78 is 0. The topological polar surface area (TPSA) is 61.4 Å². The first-order valence-corrected chi connectivity index (χ1v) is 11.7. The van der Waals surface area contributed by atoms with Crippen LogP contribution < -0.4 is 15.5 Å². The number of carbonyl (C=O) groups is 2. The minimum atomic E-state index is -0.184. The van der Waals surface area contributed by atoms with Gasteiger partial charge < -0.3 is 15.5 Å². The predicted octanol–water partition coefficient (Wildman–Crippen LogP) is 5.82. The van der Waals surface area contributed by atoms with E-state index < -0.39 is 0 Å². The summed E-state index contributed by atoms with van der Waals surface area (Å²) in [6, 6.07) is 26.1. The molecule has 0 saturated carbocycles. The summed E-state index contributed by atoms with van der Waals surface area (Å²) in [6.45, 7) is 1.78. The highest BCUT2D eigenvalue weighted by molar-refractivity contribution is 7.10. The van der Waals surface area contributed by atoms with E-state index in [1.165, 1.54) is 10.4 Å². The van der Waals surface area contributed by atoms with Crippen molar-refractivity contribution in [2.45, 2.75) is 13.0 Å². The second kappa shape index (κ2) is 9.30. The Balaban J connectivity index is 1.27. The lowest BCUT2D eigenvalue weighted by molar-refractivity contribution is 0.102. The first-order chi connectivity index (χ1) is 16.2. The first-order valence-electron chi connectivity index (χ1n) is 10.8. The summed E-state index contributed by atoms with van der Waals surface area (Å²) in [5.74, 6) is -0.367. The Morgan fingerprint density at radius 1 is 0.758 bits per heavy atom. The molecule has 5 nitrogen and oxygen atoms in total. The molecule has 33 heavy (non-hydrogen) atoms. The second-order valence-corrected chi connectivity index (χ2v) is 8.91. The zero-order valence-electron chi connectivity index (χ0n) is 18.0. The lowest BCUT2D eigenvalue weighted by Gasteiger charge is -2.30. The molecule has 0 radical (unpaired) electrons. The molecule has 0 atom stereocenters. The third kappa shape index (κ3) is 4.66. The van der Waals surface area contributed by atoms with Gasteiger partial charge in [-0.3, -0.25) is 9.59 Å². The molecule has 2 N–H and O–H groups in total. The molecule has 5 rings (SSSR count). The molecule has 2 amide bonds. The Hall–Kier alpha value is -3.90. The van der Waals surface area contributed by atoms with Gasteiger partial charge in [-0.2, -0.15) is 0 Å². The molecule has 0 spiro atoms. The van der Waals surface area contributed by atoms with Crippen LogP contribution in [0.25, 0.3) is 0 Å². The molecule has 4 aromatic rings. The molecular formula is C27H23N3O2S. The van der Waals surface area contributed by atoms with Gasteiger partial charge in [-0.1, -0.05) is 30.3 Å². The molecule has 0 aliphatic carbocycles. The highest BCUT2D eigenvalue weighted by Crippen LogP contribution is 2.32. The van der Waals surface area contributed by atoms with E-state index in [-0.39, 0.29) is 11.8 Å². The third-order valence-electron chi connectivity index (χ3n) is 5.74. The molecule has 6 heteroatoms. The van der Waals surface area contributed by atoms with E-state index in [0.29, 0.717) is 16.8 Å². The number of rotatable bonds is 5. The van der Waals surface area contributed by atoms with Crippen LogP contribution >= 0.6 is 11.3 Å². The van der Waals surface area contributed by atoms with E-state index in [4.69, 9.17) is 0 Å². The molecule has 1 aromatic heterocycles. The number of nitrogens with one attached hydrogen (secondary N) is 2. The maximum atomic E-state index is 12.9. The summed E-state index contributed by atoms with van der Waals surface area (Å²) in [5, 5.41) is 8.06. The van der Waals surface area contributed by atoms with Gasteiger partial charge in [0.05, 0.1) is 11.4 Å². The average Bonchev–Trinajstić information content (AvgIpc) is 3.33. The van der Waals surface area contributed by atoms with Crippen LogP contribution in [0.3, 0.4) is 0 Å². The van der Waals surface area contributed by atoms with Crippen molar-refractivity contribution in [3.63, 3.8) is 0 Å². The summed E-state index contributed by atoms with van der Waals surface area (Å²) in [7, 11) is 0. The number of thiophene rings is 1. The van der Waals surface area contributed by atoms with E-state index >= 15 is 0 Å². The number of amides is 2. The molecule has 1 aliphatic heterocycles. The maximum absolute atomic E-state index is 12.9. The van der Waals surface area contributed by atoms with Crippen LogP contribution in [-0.4, -0.2) is 18.4 Å². The lowest BCUT2D eigenvalue weighted by atomic mass is 10.1. The molecule has 0 bridgehead atoms. The average molecular weight is 454 g/mol. The van der Waals surface area contributed by atoms with Crippen LogP contribution in [0.15, 0.2) is 90.3 Å². The number of benzene rings is 3. The van der Waals surface area contributed by atoms with Gasteiger partial charge in [0.15, 0.2) is 0 Å². The summed E-state index contributed by atoms with van der Waals surface area (Å²) in [6.07, 6.45) is 1.02. The maximum Gasteiger partial charge on any atom is 0.255 e. The quantitative estimate of drug-likeness (QED) is 0.401. The van der Waals surface area contributed by atoms with Crippen molar-refractivity contribution < 1.29 is 9.59 Å². The zero-order valence-corrected chi connectivity index (χ0v) is 18.8. The normalized spacial score (nSPS) is 12.7. The van der Waals surface area contributed by atoms with E-state index in [0.717, 1.165) is 30.9 Å². The van der Waals surface area contributed by atoms with Crippen molar-refractivity contribution in [1.29, 1.82) is 0 Å². The molecule has 2 heterocycles. The number of carbonyl (C=O) groups excluding carboxylic acids is 2. The number of anilines is 3. The van der Waals surface area contributed by atoms with Crippen molar-refractivity contribution in [3.8, 4) is 0 Å². The van der Waals surface area contributed by atoms with Crippen LogP contribution in [0.1, 0.15) is 31.2 Å². The van der Waals surface area contributed by atoms with Crippen LogP contribution in [0.2, 0.25) is 0 Å². The Morgan fingerprint density at radius 2 is 1.45 bits per heavy atom. The molecule has 3 aromatic carbocycles. The molecular weight excluding hydrogens is 430 g/mol. The van der Waals surface area contributed by atoms with E-state index in [2.05, 4.69) is 33.0 Å². The largest absolute Gasteiger partial charge is 0.365 e. The van der Waals surface area contributed by atoms with Gasteiger partial charge in [0.1, 0.15) is 0 Å². The fraction of sp³-hybridized carbons (Fsp3) is 0.111. The van der Waals surface area contributed by atoms with Crippen molar-refractivity contribution >= 4 is 40.2 Å². The molecule has 0 saturated heterocycles. The fourth-order valence-corrected chi connectivity index (χ4v) is 4.89. The Kier molecular flexibility index (Phi) is 5.91. The smallest absolute Gasteiger partial charge is 0.255 e. The Labute approximate surface area is 196 Å². The van der Waals surface area contributed by atoms with Crippen molar-refractivity contribution in [2.24, 2.45) is 0 Å². The summed E-state index contributed by atoms with van der Waals surface area (Å²) >= 11 is 1.82. The van der Waals surface area contributed by atoms with E-state index in [1.54, 1.807) is 36.4 Å². The lowest BCUT2D eigenvalue weighted by Crippen LogP contribution is -2.30. The van der Waals surface area contributed by atoms with Crippen molar-refractivity contribution in [1.82, 2.24) is 0 Å². The van der Waals surface area contributed by atoms with E-state index in [9.17, 15) is 9.59 Å². The second-order valence-electron chi connectivity index (χ2n) is 7.91. The number of para-hydroxylation sites is 2. The number of hydrogen-bond donors (Lipinski definition) is 2. The first kappa shape index (κ1) is 21.0. The third-order valence-corrected chi connectivity index (χ3v) is 6.76. The Bertz CT molecular complexity index is 1280. The fourth-order valence-electron chi connectivity index (χ4n) is 4.00. The standard InChI is InChI=1S/C27H23N3O2S/c31-26(19-6-2-1-3-7-19)28-22-12-10-20(11-13-22)27(32)29-23-8-4-5-9-24(23)30-16-14-25-21(18-30)15-17-33-25/h1-13,15,17H,14,16,18H2,(H,28,31)(H,29,32). The molecule has 1 aliphatic rings. The van der Waals surface area contributed by atoms with Gasteiger partial charge in [0.2, 0.25) is 0 Å². The van der Waals surface area contributed by atoms with Crippen LogP contribution in [0, 0.1) is 0 Å². The Morgan fingerprint density at radius 3 is 2.27 bits per heavy atom. The molecule has 164 valence electrons. The van der Waals surface area contributed by atoms with E-state index in [1.807, 2.05) is 47.7 Å². The number of fused-ring (bicyclic) bond motifs is 1. The van der Waals surface area contributed by atoms with Gasteiger partial charge in [-0.05, 0) is 72.0 Å². The van der Waals surface area contributed by atoms with Crippen molar-refractivity contribution in [3.05, 3.63) is 112 Å². The minimum Gasteiger partial charge on any atom is -0.365 e. The summed E-state index contributed by atoms with van der Waals surface area (Å²) in [5.41, 5.74) is 4.93. The summed E-state index contributed by atoms with van der Waals surface area (Å²) in [4.78, 5) is 29.0. The van der Waals surface area contributed by atoms with Gasteiger partial charge in [0, 0.05) is 34.8 Å². The van der Waals surface area contributed by atoms with Gasteiger partial charge >= 0.3 is 0 Å². The molecule has 0 unspecified atom stereocenters. The zero-order chi connectivity index (χ0) is 22.6. The van der Waals surface area contributed by atoms with Crippen LogP contribution in [0.5, 0.6) is 0 Å².